The highest BCUT2D eigenvalue weighted by Gasteiger charge is 2.21. The maximum Gasteiger partial charge on any atom is 0.227 e. The van der Waals surface area contributed by atoms with Crippen LogP contribution in [0, 0.1) is 5.92 Å². The van der Waals surface area contributed by atoms with Crippen LogP contribution in [-0.2, 0) is 17.9 Å². The predicted molar refractivity (Wildman–Crippen MR) is 102 cm³/mol. The van der Waals surface area contributed by atoms with E-state index in [4.69, 9.17) is 4.98 Å². The molecule has 0 radical (unpaired) electrons. The van der Waals surface area contributed by atoms with E-state index in [1.54, 1.807) is 6.20 Å². The Hall–Kier alpha value is -2.63. The highest BCUT2D eigenvalue weighted by atomic mass is 16.1. The van der Waals surface area contributed by atoms with Gasteiger partial charge in [0.05, 0.1) is 17.6 Å². The Bertz CT molecular complexity index is 890. The molecule has 1 aromatic carbocycles. The molecule has 0 spiro atoms. The SMILES string of the molecule is CCn1c(Cn2cccn2)nc2cc(NC(=O)C3CCCCC3)ccc21. The summed E-state index contributed by atoms with van der Waals surface area (Å²) in [7, 11) is 0. The van der Waals surface area contributed by atoms with Crippen LogP contribution in [0.3, 0.4) is 0 Å². The Balaban J connectivity index is 1.57. The van der Waals surface area contributed by atoms with Gasteiger partial charge in [0.2, 0.25) is 5.91 Å². The number of nitrogens with one attached hydrogen (secondary N) is 1. The maximum atomic E-state index is 12.5. The number of anilines is 1. The van der Waals surface area contributed by atoms with E-state index in [9.17, 15) is 4.79 Å². The van der Waals surface area contributed by atoms with Crippen molar-refractivity contribution in [1.82, 2.24) is 19.3 Å². The zero-order chi connectivity index (χ0) is 17.9. The van der Waals surface area contributed by atoms with E-state index in [2.05, 4.69) is 28.0 Å². The van der Waals surface area contributed by atoms with Gasteiger partial charge in [-0.15, -0.1) is 0 Å². The highest BCUT2D eigenvalue weighted by Crippen LogP contribution is 2.26. The lowest BCUT2D eigenvalue weighted by Gasteiger charge is -2.20. The van der Waals surface area contributed by atoms with Crippen LogP contribution in [0.25, 0.3) is 11.0 Å². The van der Waals surface area contributed by atoms with Gasteiger partial charge in [-0.05, 0) is 44.0 Å². The molecule has 0 aliphatic heterocycles. The van der Waals surface area contributed by atoms with Crippen molar-refractivity contribution < 1.29 is 4.79 Å². The molecule has 1 aliphatic rings. The summed E-state index contributed by atoms with van der Waals surface area (Å²) in [4.78, 5) is 17.3. The molecule has 136 valence electrons. The molecule has 3 aromatic rings. The largest absolute Gasteiger partial charge is 0.327 e. The third-order valence-corrected chi connectivity index (χ3v) is 5.25. The van der Waals surface area contributed by atoms with Crippen LogP contribution < -0.4 is 5.32 Å². The van der Waals surface area contributed by atoms with E-state index in [0.717, 1.165) is 54.8 Å². The fraction of sp³-hybridized carbons (Fsp3) is 0.450. The molecule has 26 heavy (non-hydrogen) atoms. The quantitative estimate of drug-likeness (QED) is 0.760. The first-order valence-electron chi connectivity index (χ1n) is 9.52. The first kappa shape index (κ1) is 16.8. The molecule has 0 atom stereocenters. The van der Waals surface area contributed by atoms with Gasteiger partial charge in [-0.25, -0.2) is 4.98 Å². The van der Waals surface area contributed by atoms with Gasteiger partial charge in [0.25, 0.3) is 0 Å². The molecule has 6 nitrogen and oxygen atoms in total. The zero-order valence-corrected chi connectivity index (χ0v) is 15.2. The summed E-state index contributed by atoms with van der Waals surface area (Å²) in [6.07, 6.45) is 9.30. The Morgan fingerprint density at radius 1 is 1.27 bits per heavy atom. The predicted octanol–water partition coefficient (Wildman–Crippen LogP) is 3.82. The van der Waals surface area contributed by atoms with Crippen molar-refractivity contribution in [2.75, 3.05) is 5.32 Å². The molecule has 2 aromatic heterocycles. The van der Waals surface area contributed by atoms with E-state index in [0.29, 0.717) is 6.54 Å². The Labute approximate surface area is 153 Å². The molecule has 2 heterocycles. The molecule has 1 fully saturated rings. The van der Waals surface area contributed by atoms with E-state index in [1.165, 1.54) is 6.42 Å². The second-order valence-corrected chi connectivity index (χ2v) is 7.00. The molecular formula is C20H25N5O. The van der Waals surface area contributed by atoms with Crippen LogP contribution in [-0.4, -0.2) is 25.2 Å². The summed E-state index contributed by atoms with van der Waals surface area (Å²) < 4.78 is 4.07. The van der Waals surface area contributed by atoms with Crippen LogP contribution >= 0.6 is 0 Å². The number of aryl methyl sites for hydroxylation is 1. The van der Waals surface area contributed by atoms with E-state index >= 15 is 0 Å². The second kappa shape index (κ2) is 7.32. The van der Waals surface area contributed by atoms with Crippen LogP contribution in [0.15, 0.2) is 36.7 Å². The van der Waals surface area contributed by atoms with Crippen molar-refractivity contribution in [3.63, 3.8) is 0 Å². The normalized spacial score (nSPS) is 15.4. The van der Waals surface area contributed by atoms with Gasteiger partial charge in [0.15, 0.2) is 0 Å². The topological polar surface area (TPSA) is 64.7 Å². The summed E-state index contributed by atoms with van der Waals surface area (Å²) >= 11 is 0. The molecule has 0 saturated heterocycles. The number of amides is 1. The average Bonchev–Trinajstić information content (AvgIpc) is 3.29. The number of rotatable bonds is 5. The number of nitrogens with zero attached hydrogens (tertiary/aromatic N) is 4. The molecule has 1 saturated carbocycles. The summed E-state index contributed by atoms with van der Waals surface area (Å²) in [5, 5.41) is 7.36. The van der Waals surface area contributed by atoms with Crippen molar-refractivity contribution in [3.05, 3.63) is 42.5 Å². The number of carbonyl (C=O) groups is 1. The monoisotopic (exact) mass is 351 g/mol. The minimum atomic E-state index is 0.149. The number of fused-ring (bicyclic) bond motifs is 1. The fourth-order valence-corrected chi connectivity index (χ4v) is 3.88. The van der Waals surface area contributed by atoms with Crippen LogP contribution in [0.2, 0.25) is 0 Å². The molecule has 1 amide bonds. The average molecular weight is 351 g/mol. The third-order valence-electron chi connectivity index (χ3n) is 5.25. The Morgan fingerprint density at radius 3 is 2.85 bits per heavy atom. The van der Waals surface area contributed by atoms with Gasteiger partial charge in [-0.2, -0.15) is 5.10 Å². The third kappa shape index (κ3) is 3.36. The molecule has 6 heteroatoms. The van der Waals surface area contributed by atoms with Gasteiger partial charge < -0.3 is 9.88 Å². The van der Waals surface area contributed by atoms with Gasteiger partial charge in [-0.1, -0.05) is 19.3 Å². The zero-order valence-electron chi connectivity index (χ0n) is 15.2. The van der Waals surface area contributed by atoms with Gasteiger partial charge >= 0.3 is 0 Å². The molecular weight excluding hydrogens is 326 g/mol. The lowest BCUT2D eigenvalue weighted by Crippen LogP contribution is -2.24. The summed E-state index contributed by atoms with van der Waals surface area (Å²) in [6.45, 7) is 3.60. The van der Waals surface area contributed by atoms with Crippen molar-refractivity contribution in [2.24, 2.45) is 5.92 Å². The van der Waals surface area contributed by atoms with Gasteiger partial charge in [-0.3, -0.25) is 9.48 Å². The first-order chi connectivity index (χ1) is 12.7. The van der Waals surface area contributed by atoms with E-state index in [-0.39, 0.29) is 11.8 Å². The number of carbonyl (C=O) groups excluding carboxylic acids is 1. The minimum Gasteiger partial charge on any atom is -0.327 e. The molecule has 4 rings (SSSR count). The molecule has 1 aliphatic carbocycles. The highest BCUT2D eigenvalue weighted by molar-refractivity contribution is 5.94. The van der Waals surface area contributed by atoms with Crippen molar-refractivity contribution >= 4 is 22.6 Å². The lowest BCUT2D eigenvalue weighted by molar-refractivity contribution is -0.120. The Morgan fingerprint density at radius 2 is 2.12 bits per heavy atom. The first-order valence-corrected chi connectivity index (χ1v) is 9.52. The van der Waals surface area contributed by atoms with Crippen molar-refractivity contribution in [1.29, 1.82) is 0 Å². The van der Waals surface area contributed by atoms with Gasteiger partial charge in [0, 0.05) is 30.5 Å². The second-order valence-electron chi connectivity index (χ2n) is 7.00. The van der Waals surface area contributed by atoms with E-state index < -0.39 is 0 Å². The Kier molecular flexibility index (Phi) is 4.73. The number of hydrogen-bond acceptors (Lipinski definition) is 3. The summed E-state index contributed by atoms with van der Waals surface area (Å²) in [5.41, 5.74) is 2.83. The van der Waals surface area contributed by atoms with Crippen LogP contribution in [0.5, 0.6) is 0 Å². The van der Waals surface area contributed by atoms with Crippen molar-refractivity contribution in [2.45, 2.75) is 52.1 Å². The number of aromatic nitrogens is 4. The maximum absolute atomic E-state index is 12.5. The van der Waals surface area contributed by atoms with Crippen LogP contribution in [0.4, 0.5) is 5.69 Å². The van der Waals surface area contributed by atoms with Crippen molar-refractivity contribution in [3.8, 4) is 0 Å². The number of hydrogen-bond donors (Lipinski definition) is 1. The number of imidazole rings is 1. The smallest absolute Gasteiger partial charge is 0.227 e. The number of benzene rings is 1. The van der Waals surface area contributed by atoms with Gasteiger partial charge in [0.1, 0.15) is 5.82 Å². The standard InChI is InChI=1S/C20H25N5O/c1-2-25-18-10-9-16(22-20(26)15-7-4-3-5-8-15)13-17(18)23-19(25)14-24-12-6-11-21-24/h6,9-13,15H,2-5,7-8,14H2,1H3,(H,22,26). The lowest BCUT2D eigenvalue weighted by atomic mass is 9.88. The minimum absolute atomic E-state index is 0.149. The fourth-order valence-electron chi connectivity index (χ4n) is 3.88. The molecule has 1 N–H and O–H groups in total. The summed E-state index contributed by atoms with van der Waals surface area (Å²) in [5.74, 6) is 1.28. The molecule has 0 bridgehead atoms. The molecule has 0 unspecified atom stereocenters. The van der Waals surface area contributed by atoms with Crippen LogP contribution in [0.1, 0.15) is 44.9 Å². The summed E-state index contributed by atoms with van der Waals surface area (Å²) in [6, 6.07) is 7.93. The van der Waals surface area contributed by atoms with E-state index in [1.807, 2.05) is 29.1 Å².